The van der Waals surface area contributed by atoms with Crippen LogP contribution in [0, 0.1) is 5.92 Å². The Morgan fingerprint density at radius 3 is 2.09 bits per heavy atom. The first-order valence-corrected chi connectivity index (χ1v) is 18.6. The van der Waals surface area contributed by atoms with E-state index < -0.39 is 0 Å². The van der Waals surface area contributed by atoms with E-state index in [0.717, 1.165) is 64.8 Å². The number of allylic oxidation sites excluding steroid dienone is 9. The van der Waals surface area contributed by atoms with E-state index in [9.17, 15) is 0 Å². The number of rotatable bonds is 18. The molecule has 2 heteroatoms. The normalized spacial score (nSPS) is 13.0. The molecule has 1 aromatic heterocycles. The number of benzene rings is 5. The van der Waals surface area contributed by atoms with E-state index in [0.29, 0.717) is 0 Å². The third-order valence-corrected chi connectivity index (χ3v) is 10.1. The summed E-state index contributed by atoms with van der Waals surface area (Å²) in [5.74, 6) is 0.0857. The minimum atomic E-state index is 0.00908. The lowest BCUT2D eigenvalue weighted by Gasteiger charge is -2.26. The van der Waals surface area contributed by atoms with Gasteiger partial charge in [0.2, 0.25) is 0 Å². The van der Waals surface area contributed by atoms with Gasteiger partial charge in [0.15, 0.2) is 0 Å². The van der Waals surface area contributed by atoms with E-state index in [4.69, 9.17) is 4.42 Å². The molecule has 0 radical (unpaired) electrons. The molecule has 0 N–H and O–H groups in total. The lowest BCUT2D eigenvalue weighted by atomic mass is 9.79. The molecular weight excluding hydrogens is 655 g/mol. The molecule has 54 heavy (non-hydrogen) atoms. The predicted octanol–water partition coefficient (Wildman–Crippen LogP) is 14.8. The van der Waals surface area contributed by atoms with E-state index in [2.05, 4.69) is 154 Å². The highest BCUT2D eigenvalue weighted by molar-refractivity contribution is 6.10. The molecule has 0 saturated carbocycles. The fourth-order valence-electron chi connectivity index (χ4n) is 7.25. The largest absolute Gasteiger partial charge is 0.464 e. The molecule has 5 aromatic carbocycles. The quantitative estimate of drug-likeness (QED) is 0.0503. The first-order chi connectivity index (χ1) is 26.4. The Bertz CT molecular complexity index is 2410. The molecule has 0 fully saturated rings. The smallest absolute Gasteiger partial charge is 0.134 e. The molecule has 1 heterocycles. The number of hydrogen-bond acceptors (Lipinski definition) is 2. The van der Waals surface area contributed by atoms with Gasteiger partial charge in [-0.15, -0.1) is 13.2 Å². The average Bonchev–Trinajstić information content (AvgIpc) is 3.64. The maximum absolute atomic E-state index is 5.99. The molecule has 0 aliphatic carbocycles. The fraction of sp³-hybridized carbons (Fsp3) is 0.115. The second-order valence-corrected chi connectivity index (χ2v) is 13.5. The van der Waals surface area contributed by atoms with E-state index in [1.165, 1.54) is 32.7 Å². The van der Waals surface area contributed by atoms with Crippen LogP contribution in [0.5, 0.6) is 0 Å². The summed E-state index contributed by atoms with van der Waals surface area (Å²) in [5, 5.41) is 6.07. The maximum Gasteiger partial charge on any atom is 0.134 e. The Labute approximate surface area is 321 Å². The molecule has 2 atom stereocenters. The standard InChI is InChI=1S/C52H49NO/c1-7-23-51(50-37-54-52-34-20-19-33-49(50)52)53(35-22-21-24-38(4)40(6)44(8-2)45(9-3)41-26-11-10-12-27-41)39(5)25-13-14-28-42-36-43-29-15-16-30-46(43)48-32-18-17-31-47(42)48/h7-12,14-20,22-23,26-37,44-45H,1-6,13,21,24-25H2/b28-14+,35-22+,51-23+. The van der Waals surface area contributed by atoms with Gasteiger partial charge in [-0.25, -0.2) is 0 Å². The van der Waals surface area contributed by atoms with Gasteiger partial charge < -0.3 is 9.32 Å². The van der Waals surface area contributed by atoms with Gasteiger partial charge in [0, 0.05) is 34.7 Å². The van der Waals surface area contributed by atoms with Crippen molar-refractivity contribution in [2.75, 3.05) is 0 Å². The molecule has 0 spiro atoms. The summed E-state index contributed by atoms with van der Waals surface area (Å²) in [6.45, 7) is 25.8. The van der Waals surface area contributed by atoms with Crippen LogP contribution in [0.4, 0.5) is 0 Å². The molecule has 0 saturated heterocycles. The van der Waals surface area contributed by atoms with E-state index >= 15 is 0 Å². The predicted molar refractivity (Wildman–Crippen MR) is 235 cm³/mol. The number of para-hydroxylation sites is 1. The summed E-state index contributed by atoms with van der Waals surface area (Å²) in [6, 6.07) is 38.0. The Morgan fingerprint density at radius 2 is 1.35 bits per heavy atom. The van der Waals surface area contributed by atoms with Crippen LogP contribution in [0.2, 0.25) is 0 Å². The summed E-state index contributed by atoms with van der Waals surface area (Å²) < 4.78 is 5.99. The van der Waals surface area contributed by atoms with Crippen LogP contribution in [0.15, 0.2) is 219 Å². The third-order valence-electron chi connectivity index (χ3n) is 10.1. The molecule has 268 valence electrons. The van der Waals surface area contributed by atoms with Crippen LogP contribution < -0.4 is 0 Å². The number of fused-ring (bicyclic) bond motifs is 4. The van der Waals surface area contributed by atoms with Crippen molar-refractivity contribution in [2.45, 2.75) is 31.6 Å². The Kier molecular flexibility index (Phi) is 12.4. The molecule has 0 amide bonds. The number of hydrogen-bond donors (Lipinski definition) is 0. The topological polar surface area (TPSA) is 16.4 Å². The van der Waals surface area contributed by atoms with Crippen molar-refractivity contribution in [3.05, 3.63) is 231 Å². The van der Waals surface area contributed by atoms with Crippen molar-refractivity contribution in [3.8, 4) is 0 Å². The summed E-state index contributed by atoms with van der Waals surface area (Å²) in [4.78, 5) is 2.17. The molecule has 2 nitrogen and oxygen atoms in total. The monoisotopic (exact) mass is 703 g/mol. The first-order valence-electron chi connectivity index (χ1n) is 18.6. The van der Waals surface area contributed by atoms with Crippen LogP contribution in [-0.2, 0) is 0 Å². The number of nitrogens with zero attached hydrogens (tertiary/aromatic N) is 1. The highest BCUT2D eigenvalue weighted by Crippen LogP contribution is 2.36. The summed E-state index contributed by atoms with van der Waals surface area (Å²) in [6.07, 6.45) is 21.5. The minimum Gasteiger partial charge on any atom is -0.464 e. The van der Waals surface area contributed by atoms with E-state index in [1.807, 2.05) is 54.8 Å². The molecule has 0 bridgehead atoms. The Hall–Kier alpha value is -6.38. The van der Waals surface area contributed by atoms with Crippen molar-refractivity contribution in [1.29, 1.82) is 0 Å². The van der Waals surface area contributed by atoms with Crippen molar-refractivity contribution in [2.24, 2.45) is 5.92 Å². The van der Waals surface area contributed by atoms with Gasteiger partial charge in [-0.1, -0.05) is 165 Å². The molecule has 6 rings (SSSR count). The van der Waals surface area contributed by atoms with Gasteiger partial charge in [-0.05, 0) is 82.1 Å². The molecule has 0 aliphatic heterocycles. The molecule has 2 unspecified atom stereocenters. The van der Waals surface area contributed by atoms with Crippen LogP contribution in [0.3, 0.4) is 0 Å². The highest BCUT2D eigenvalue weighted by atomic mass is 16.3. The van der Waals surface area contributed by atoms with Crippen LogP contribution in [0.1, 0.15) is 48.3 Å². The van der Waals surface area contributed by atoms with Crippen LogP contribution in [-0.4, -0.2) is 4.90 Å². The van der Waals surface area contributed by atoms with Crippen LogP contribution in [0.25, 0.3) is 44.3 Å². The fourth-order valence-corrected chi connectivity index (χ4v) is 7.25. The lowest BCUT2D eigenvalue weighted by molar-refractivity contribution is 0.598. The SMILES string of the molecule is C=C/C=C(\c1coc2ccccc12)N(/C=C/CCC(=C)C(=C)C(C=C)C(C=C)c1ccccc1)C(=C)CC/C=C/c1cc2ccccc2c2ccccc12. The van der Waals surface area contributed by atoms with Crippen molar-refractivity contribution >= 4 is 44.3 Å². The molecule has 0 aliphatic rings. The molecular formula is C52H49NO. The highest BCUT2D eigenvalue weighted by Gasteiger charge is 2.22. The van der Waals surface area contributed by atoms with E-state index in [1.54, 1.807) is 0 Å². The van der Waals surface area contributed by atoms with E-state index in [-0.39, 0.29) is 11.8 Å². The van der Waals surface area contributed by atoms with Gasteiger partial charge in [0.25, 0.3) is 0 Å². The third kappa shape index (κ3) is 8.30. The summed E-state index contributed by atoms with van der Waals surface area (Å²) in [5.41, 5.74) is 8.13. The Balaban J connectivity index is 1.21. The zero-order valence-corrected chi connectivity index (χ0v) is 31.2. The lowest BCUT2D eigenvalue weighted by Crippen LogP contribution is -2.14. The minimum absolute atomic E-state index is 0.00908. The zero-order chi connectivity index (χ0) is 37.9. The second kappa shape index (κ2) is 17.9. The molecule has 6 aromatic rings. The van der Waals surface area contributed by atoms with Gasteiger partial charge in [0.1, 0.15) is 11.8 Å². The van der Waals surface area contributed by atoms with Gasteiger partial charge in [-0.3, -0.25) is 0 Å². The first kappa shape index (κ1) is 37.4. The summed E-state index contributed by atoms with van der Waals surface area (Å²) in [7, 11) is 0. The van der Waals surface area contributed by atoms with Gasteiger partial charge in [0.05, 0.1) is 5.70 Å². The van der Waals surface area contributed by atoms with Crippen molar-refractivity contribution < 1.29 is 4.42 Å². The summed E-state index contributed by atoms with van der Waals surface area (Å²) >= 11 is 0. The maximum atomic E-state index is 5.99. The van der Waals surface area contributed by atoms with Crippen molar-refractivity contribution in [1.82, 2.24) is 4.90 Å². The second-order valence-electron chi connectivity index (χ2n) is 13.5. The Morgan fingerprint density at radius 1 is 0.685 bits per heavy atom. The van der Waals surface area contributed by atoms with Crippen molar-refractivity contribution in [3.63, 3.8) is 0 Å². The van der Waals surface area contributed by atoms with Gasteiger partial charge >= 0.3 is 0 Å². The zero-order valence-electron chi connectivity index (χ0n) is 31.2. The van der Waals surface area contributed by atoms with Crippen LogP contribution >= 0.6 is 0 Å². The average molecular weight is 704 g/mol. The van der Waals surface area contributed by atoms with Gasteiger partial charge in [-0.2, -0.15) is 0 Å². The number of furan rings is 1.